The molecule has 3 rings (SSSR count). The van der Waals surface area contributed by atoms with Gasteiger partial charge < -0.3 is 10.6 Å². The third-order valence-corrected chi connectivity index (χ3v) is 5.68. The van der Waals surface area contributed by atoms with Crippen molar-refractivity contribution in [2.24, 2.45) is 0 Å². The first-order valence-electron chi connectivity index (χ1n) is 9.59. The molecular formula is C18H31N3O2. The van der Waals surface area contributed by atoms with E-state index in [1.54, 1.807) is 0 Å². The van der Waals surface area contributed by atoms with E-state index in [2.05, 4.69) is 16.0 Å². The molecule has 0 aromatic heterocycles. The summed E-state index contributed by atoms with van der Waals surface area (Å²) >= 11 is 0. The molecule has 0 aromatic carbocycles. The molecule has 23 heavy (non-hydrogen) atoms. The van der Waals surface area contributed by atoms with E-state index in [-0.39, 0.29) is 23.9 Å². The van der Waals surface area contributed by atoms with E-state index >= 15 is 0 Å². The van der Waals surface area contributed by atoms with Crippen LogP contribution in [0.4, 0.5) is 0 Å². The van der Waals surface area contributed by atoms with Crippen LogP contribution in [-0.2, 0) is 9.59 Å². The van der Waals surface area contributed by atoms with Gasteiger partial charge in [-0.3, -0.25) is 14.9 Å². The van der Waals surface area contributed by atoms with Gasteiger partial charge in [0.05, 0.1) is 12.1 Å². The highest BCUT2D eigenvalue weighted by Crippen LogP contribution is 2.20. The fourth-order valence-electron chi connectivity index (χ4n) is 4.25. The van der Waals surface area contributed by atoms with Crippen LogP contribution in [0, 0.1) is 0 Å². The number of amides is 2. The van der Waals surface area contributed by atoms with E-state index in [1.807, 2.05) is 0 Å². The van der Waals surface area contributed by atoms with E-state index in [0.717, 1.165) is 38.5 Å². The Kier molecular flexibility index (Phi) is 5.92. The molecule has 1 saturated heterocycles. The molecule has 1 heterocycles. The first kappa shape index (κ1) is 16.7. The number of hydrogen-bond acceptors (Lipinski definition) is 3. The minimum atomic E-state index is -0.195. The minimum Gasteiger partial charge on any atom is -0.352 e. The van der Waals surface area contributed by atoms with Crippen molar-refractivity contribution >= 4 is 11.8 Å². The monoisotopic (exact) mass is 321 g/mol. The van der Waals surface area contributed by atoms with Crippen molar-refractivity contribution < 1.29 is 9.59 Å². The van der Waals surface area contributed by atoms with Gasteiger partial charge in [-0.05, 0) is 38.5 Å². The van der Waals surface area contributed by atoms with Crippen molar-refractivity contribution in [2.45, 2.75) is 101 Å². The van der Waals surface area contributed by atoms with Crippen molar-refractivity contribution in [1.82, 2.24) is 16.0 Å². The number of hydrogen-bond donors (Lipinski definition) is 3. The second-order valence-electron chi connectivity index (χ2n) is 7.54. The molecule has 3 aliphatic rings. The molecule has 0 unspecified atom stereocenters. The van der Waals surface area contributed by atoms with Crippen LogP contribution in [0.3, 0.4) is 0 Å². The Balaban J connectivity index is 1.41. The summed E-state index contributed by atoms with van der Waals surface area (Å²) in [7, 11) is 0. The second kappa shape index (κ2) is 8.13. The van der Waals surface area contributed by atoms with Gasteiger partial charge in [0.15, 0.2) is 0 Å². The Morgan fingerprint density at radius 2 is 1.00 bits per heavy atom. The molecule has 0 aromatic rings. The molecular weight excluding hydrogens is 290 g/mol. The number of rotatable bonds is 4. The fraction of sp³-hybridized carbons (Fsp3) is 0.889. The van der Waals surface area contributed by atoms with Gasteiger partial charge in [-0.15, -0.1) is 0 Å². The van der Waals surface area contributed by atoms with Crippen LogP contribution in [0.5, 0.6) is 0 Å². The summed E-state index contributed by atoms with van der Waals surface area (Å²) in [5.41, 5.74) is 0. The number of carbonyl (C=O) groups excluding carboxylic acids is 2. The van der Waals surface area contributed by atoms with Gasteiger partial charge in [0.2, 0.25) is 11.8 Å². The largest absolute Gasteiger partial charge is 0.352 e. The van der Waals surface area contributed by atoms with E-state index in [9.17, 15) is 9.59 Å². The van der Waals surface area contributed by atoms with E-state index < -0.39 is 0 Å². The minimum absolute atomic E-state index is 0.0878. The molecule has 2 aliphatic carbocycles. The molecule has 3 N–H and O–H groups in total. The van der Waals surface area contributed by atoms with Crippen LogP contribution in [0.2, 0.25) is 0 Å². The maximum absolute atomic E-state index is 12.4. The van der Waals surface area contributed by atoms with Crippen molar-refractivity contribution in [3.05, 3.63) is 0 Å². The zero-order valence-corrected chi connectivity index (χ0v) is 14.1. The van der Waals surface area contributed by atoms with Crippen LogP contribution >= 0.6 is 0 Å². The van der Waals surface area contributed by atoms with E-state index in [0.29, 0.717) is 12.1 Å². The summed E-state index contributed by atoms with van der Waals surface area (Å²) in [6.45, 7) is 0. The Morgan fingerprint density at radius 3 is 1.39 bits per heavy atom. The average Bonchev–Trinajstić information content (AvgIpc) is 3.07. The van der Waals surface area contributed by atoms with Crippen molar-refractivity contribution in [2.75, 3.05) is 0 Å². The Morgan fingerprint density at radius 1 is 0.609 bits per heavy atom. The molecule has 5 heteroatoms. The molecule has 1 aliphatic heterocycles. The highest BCUT2D eigenvalue weighted by atomic mass is 16.2. The van der Waals surface area contributed by atoms with Crippen LogP contribution in [0.15, 0.2) is 0 Å². The van der Waals surface area contributed by atoms with Gasteiger partial charge in [-0.25, -0.2) is 0 Å². The lowest BCUT2D eigenvalue weighted by Gasteiger charge is -2.25. The summed E-state index contributed by atoms with van der Waals surface area (Å²) < 4.78 is 0. The zero-order chi connectivity index (χ0) is 16.1. The average molecular weight is 321 g/mol. The quantitative estimate of drug-likeness (QED) is 0.742. The Hall–Kier alpha value is -1.10. The zero-order valence-electron chi connectivity index (χ0n) is 14.1. The lowest BCUT2D eigenvalue weighted by molar-refractivity contribution is -0.124. The summed E-state index contributed by atoms with van der Waals surface area (Å²) in [4.78, 5) is 24.7. The molecule has 3 fully saturated rings. The van der Waals surface area contributed by atoms with Gasteiger partial charge in [0.1, 0.15) is 0 Å². The molecule has 2 amide bonds. The van der Waals surface area contributed by atoms with E-state index in [1.165, 1.54) is 38.5 Å². The lowest BCUT2D eigenvalue weighted by Crippen LogP contribution is -2.51. The van der Waals surface area contributed by atoms with E-state index in [4.69, 9.17) is 0 Å². The number of carbonyl (C=O) groups is 2. The predicted octanol–water partition coefficient (Wildman–Crippen LogP) is 2.00. The lowest BCUT2D eigenvalue weighted by atomic mass is 9.95. The molecule has 130 valence electrons. The fourth-order valence-corrected chi connectivity index (χ4v) is 4.25. The van der Waals surface area contributed by atoms with Gasteiger partial charge in [0.25, 0.3) is 0 Å². The summed E-state index contributed by atoms with van der Waals surface area (Å²) in [5, 5.41) is 9.58. The van der Waals surface area contributed by atoms with Crippen molar-refractivity contribution in [1.29, 1.82) is 0 Å². The Bertz CT molecular complexity index is 376. The highest BCUT2D eigenvalue weighted by Gasteiger charge is 2.34. The van der Waals surface area contributed by atoms with Gasteiger partial charge in [0, 0.05) is 12.1 Å². The topological polar surface area (TPSA) is 70.2 Å². The first-order valence-corrected chi connectivity index (χ1v) is 9.59. The molecule has 5 nitrogen and oxygen atoms in total. The maximum Gasteiger partial charge on any atom is 0.237 e. The maximum atomic E-state index is 12.4. The van der Waals surface area contributed by atoms with Crippen LogP contribution < -0.4 is 16.0 Å². The van der Waals surface area contributed by atoms with Crippen molar-refractivity contribution in [3.63, 3.8) is 0 Å². The highest BCUT2D eigenvalue weighted by molar-refractivity contribution is 5.87. The summed E-state index contributed by atoms with van der Waals surface area (Å²) in [5.74, 6) is 0.176. The standard InChI is InChI=1S/C18H31N3O2/c22-17(19-13-7-3-1-4-8-13)15-11-12-16(21-15)18(23)20-14-9-5-2-6-10-14/h13-16,21H,1-12H2,(H,19,22)(H,20,23)/t15-,16-/m0/s1. The molecule has 2 atom stereocenters. The normalized spacial score (nSPS) is 30.1. The van der Waals surface area contributed by atoms with Crippen LogP contribution in [0.25, 0.3) is 0 Å². The third kappa shape index (κ3) is 4.69. The summed E-state index contributed by atoms with van der Waals surface area (Å²) in [6, 6.07) is 0.291. The van der Waals surface area contributed by atoms with Crippen molar-refractivity contribution in [3.8, 4) is 0 Å². The number of nitrogens with one attached hydrogen (secondary N) is 3. The van der Waals surface area contributed by atoms with Gasteiger partial charge in [-0.2, -0.15) is 0 Å². The smallest absolute Gasteiger partial charge is 0.237 e. The van der Waals surface area contributed by atoms with Gasteiger partial charge in [-0.1, -0.05) is 38.5 Å². The van der Waals surface area contributed by atoms with Crippen LogP contribution in [-0.4, -0.2) is 36.0 Å². The third-order valence-electron chi connectivity index (χ3n) is 5.68. The second-order valence-corrected chi connectivity index (χ2v) is 7.54. The molecule has 0 spiro atoms. The Labute approximate surface area is 139 Å². The predicted molar refractivity (Wildman–Crippen MR) is 90.0 cm³/mol. The summed E-state index contributed by atoms with van der Waals surface area (Å²) in [6.07, 6.45) is 13.4. The molecule has 0 radical (unpaired) electrons. The molecule has 0 bridgehead atoms. The van der Waals surface area contributed by atoms with Gasteiger partial charge >= 0.3 is 0 Å². The first-order chi connectivity index (χ1) is 11.2. The molecule has 2 saturated carbocycles. The van der Waals surface area contributed by atoms with Crippen LogP contribution in [0.1, 0.15) is 77.0 Å². The SMILES string of the molecule is O=C(NC1CCCCC1)[C@@H]1CC[C@@H](C(=O)NC2CCCCC2)N1.